The first-order valence-electron chi connectivity index (χ1n) is 11.4. The Morgan fingerprint density at radius 2 is 1.97 bits per heavy atom. The topological polar surface area (TPSA) is 88.0 Å². The molecule has 35 heavy (non-hydrogen) atoms. The Hall–Kier alpha value is -3.20. The molecule has 2 atom stereocenters. The molecule has 186 valence electrons. The highest BCUT2D eigenvalue weighted by molar-refractivity contribution is 6.04. The molecule has 2 aromatic carbocycles. The Labute approximate surface area is 201 Å². The van der Waals surface area contributed by atoms with Crippen molar-refractivity contribution in [2.45, 2.75) is 69.8 Å². The zero-order chi connectivity index (χ0) is 25.6. The highest BCUT2D eigenvalue weighted by atomic mass is 19.4. The molecule has 9 heteroatoms. The molecule has 2 aliphatic rings. The predicted octanol–water partition coefficient (Wildman–Crippen LogP) is 4.77. The lowest BCUT2D eigenvalue weighted by molar-refractivity contribution is -0.254. The number of hydrogen-bond acceptors (Lipinski definition) is 5. The van der Waals surface area contributed by atoms with Gasteiger partial charge in [0.2, 0.25) is 11.7 Å². The third-order valence-electron chi connectivity index (χ3n) is 6.85. The molecule has 0 saturated carbocycles. The van der Waals surface area contributed by atoms with E-state index in [2.05, 4.69) is 10.5 Å². The van der Waals surface area contributed by atoms with Gasteiger partial charge in [0.15, 0.2) is 6.29 Å². The number of aldehydes is 1. The highest BCUT2D eigenvalue weighted by Gasteiger charge is 2.61. The van der Waals surface area contributed by atoms with Crippen LogP contribution in [0, 0.1) is 0 Å². The van der Waals surface area contributed by atoms with Crippen LogP contribution < -0.4 is 5.32 Å². The molecule has 6 nitrogen and oxygen atoms in total. The number of aliphatic hydroxyl groups is 1. The van der Waals surface area contributed by atoms with Gasteiger partial charge in [-0.25, -0.2) is 0 Å². The summed E-state index contributed by atoms with van der Waals surface area (Å²) in [7, 11) is 0. The van der Waals surface area contributed by atoms with E-state index < -0.39 is 35.6 Å². The van der Waals surface area contributed by atoms with Crippen LogP contribution in [0.3, 0.4) is 0 Å². The number of alkyl halides is 3. The van der Waals surface area contributed by atoms with E-state index in [0.717, 1.165) is 30.4 Å². The molecule has 1 aliphatic carbocycles. The summed E-state index contributed by atoms with van der Waals surface area (Å²) in [5, 5.41) is 16.9. The summed E-state index contributed by atoms with van der Waals surface area (Å²) >= 11 is 0. The van der Waals surface area contributed by atoms with Crippen molar-refractivity contribution in [2.75, 3.05) is 5.32 Å². The molecule has 0 fully saturated rings. The van der Waals surface area contributed by atoms with Gasteiger partial charge in [-0.1, -0.05) is 43.3 Å². The van der Waals surface area contributed by atoms with Crippen molar-refractivity contribution in [2.24, 2.45) is 5.16 Å². The fraction of sp³-hybridized carbons (Fsp3) is 0.423. The summed E-state index contributed by atoms with van der Waals surface area (Å²) in [5.41, 5.74) is -0.578. The first-order valence-corrected chi connectivity index (χ1v) is 11.4. The Bertz CT molecular complexity index is 1210. The summed E-state index contributed by atoms with van der Waals surface area (Å²) < 4.78 is 42.7. The molecule has 0 aromatic heterocycles. The Morgan fingerprint density at radius 3 is 2.66 bits per heavy atom. The average Bonchev–Trinajstić information content (AvgIpc) is 3.27. The molecule has 0 spiro atoms. The van der Waals surface area contributed by atoms with Gasteiger partial charge < -0.3 is 15.3 Å². The van der Waals surface area contributed by atoms with Gasteiger partial charge in [0.05, 0.1) is 5.71 Å². The van der Waals surface area contributed by atoms with Gasteiger partial charge in [0, 0.05) is 23.2 Å². The van der Waals surface area contributed by atoms with Crippen molar-refractivity contribution < 1.29 is 32.7 Å². The zero-order valence-corrected chi connectivity index (χ0v) is 19.7. The largest absolute Gasteiger partial charge is 0.426 e. The van der Waals surface area contributed by atoms with Gasteiger partial charge in [-0.05, 0) is 60.4 Å². The number of nitrogens with zero attached hydrogens (tertiary/aromatic N) is 1. The minimum atomic E-state index is -5.21. The summed E-state index contributed by atoms with van der Waals surface area (Å²) in [4.78, 5) is 29.3. The average molecular weight is 489 g/mol. The summed E-state index contributed by atoms with van der Waals surface area (Å²) in [6, 6.07) is 9.80. The van der Waals surface area contributed by atoms with E-state index in [4.69, 9.17) is 4.84 Å². The Kier molecular flexibility index (Phi) is 6.25. The number of anilines is 1. The van der Waals surface area contributed by atoms with Crippen LogP contribution in [-0.4, -0.2) is 34.8 Å². The fourth-order valence-electron chi connectivity index (χ4n) is 5.07. The number of carbonyl (C=O) groups is 2. The first kappa shape index (κ1) is 24.9. The van der Waals surface area contributed by atoms with E-state index in [1.807, 2.05) is 6.07 Å². The van der Waals surface area contributed by atoms with Crippen molar-refractivity contribution in [3.8, 4) is 0 Å². The molecule has 0 saturated heterocycles. The second kappa shape index (κ2) is 8.78. The molecule has 2 aromatic rings. The van der Waals surface area contributed by atoms with E-state index in [9.17, 15) is 27.9 Å². The van der Waals surface area contributed by atoms with Crippen LogP contribution >= 0.6 is 0 Å². The normalized spacial score (nSPS) is 19.1. The van der Waals surface area contributed by atoms with Crippen LogP contribution in [0.2, 0.25) is 0 Å². The van der Waals surface area contributed by atoms with Crippen LogP contribution in [0.15, 0.2) is 41.6 Å². The van der Waals surface area contributed by atoms with Crippen molar-refractivity contribution in [1.82, 2.24) is 0 Å². The van der Waals surface area contributed by atoms with E-state index in [0.29, 0.717) is 28.7 Å². The minimum absolute atomic E-state index is 0.0379. The second-order valence-corrected chi connectivity index (χ2v) is 9.81. The van der Waals surface area contributed by atoms with Gasteiger partial charge in [-0.3, -0.25) is 9.59 Å². The van der Waals surface area contributed by atoms with E-state index in [-0.39, 0.29) is 5.69 Å². The molecular weight excluding hydrogens is 461 g/mol. The molecular formula is C26H27F3N2O4. The standard InChI is InChI=1S/C26H27F3N2O4/c1-15-20-12-17(10-11-19(20)22(13-32)35-31-15)30-23(33)25(34,26(27,28)29)14-24(2,3)21-9-5-7-16-6-4-8-18(16)21/h5,7,9-13,22,34H,4,6,8,14H2,1-3H3,(H,30,33). The second-order valence-electron chi connectivity index (χ2n) is 9.81. The number of halogens is 3. The van der Waals surface area contributed by atoms with Crippen LogP contribution in [0.4, 0.5) is 18.9 Å². The number of rotatable bonds is 6. The molecule has 0 radical (unpaired) electrons. The molecule has 2 N–H and O–H groups in total. The van der Waals surface area contributed by atoms with Crippen molar-refractivity contribution in [1.29, 1.82) is 0 Å². The number of hydrogen-bond donors (Lipinski definition) is 2. The third kappa shape index (κ3) is 4.45. The number of nitrogens with one attached hydrogen (secondary N) is 1. The van der Waals surface area contributed by atoms with Crippen LogP contribution in [0.25, 0.3) is 0 Å². The summed E-state index contributed by atoms with van der Waals surface area (Å²) in [5.74, 6) is -1.57. The molecule has 0 bridgehead atoms. The lowest BCUT2D eigenvalue weighted by atomic mass is 9.72. The summed E-state index contributed by atoms with van der Waals surface area (Å²) in [6.45, 7) is 4.84. The predicted molar refractivity (Wildman–Crippen MR) is 124 cm³/mol. The lowest BCUT2D eigenvalue weighted by Crippen LogP contribution is -2.57. The van der Waals surface area contributed by atoms with Crippen molar-refractivity contribution in [3.05, 3.63) is 64.2 Å². The SMILES string of the molecule is CC1=NOC(C=O)c2ccc(NC(=O)C(O)(CC(C)(C)c3cccc4c3CCC4)C(F)(F)F)cc21. The highest BCUT2D eigenvalue weighted by Crippen LogP contribution is 2.44. The third-order valence-corrected chi connectivity index (χ3v) is 6.85. The number of amides is 1. The van der Waals surface area contributed by atoms with Gasteiger partial charge in [0.1, 0.15) is 0 Å². The number of aryl methyl sites for hydroxylation is 1. The number of fused-ring (bicyclic) bond motifs is 2. The van der Waals surface area contributed by atoms with E-state index in [1.165, 1.54) is 18.2 Å². The molecule has 1 heterocycles. The molecule has 2 unspecified atom stereocenters. The van der Waals surface area contributed by atoms with E-state index in [1.54, 1.807) is 32.9 Å². The molecule has 1 amide bonds. The minimum Gasteiger partial charge on any atom is -0.380 e. The summed E-state index contributed by atoms with van der Waals surface area (Å²) in [6.07, 6.45) is -3.92. The zero-order valence-electron chi connectivity index (χ0n) is 19.7. The monoisotopic (exact) mass is 488 g/mol. The maximum Gasteiger partial charge on any atom is 0.426 e. The van der Waals surface area contributed by atoms with E-state index >= 15 is 0 Å². The maximum absolute atomic E-state index is 14.2. The van der Waals surface area contributed by atoms with Crippen molar-refractivity contribution in [3.63, 3.8) is 0 Å². The number of benzene rings is 2. The smallest absolute Gasteiger partial charge is 0.380 e. The Balaban J connectivity index is 1.65. The van der Waals surface area contributed by atoms with Gasteiger partial charge in [-0.2, -0.15) is 13.2 Å². The molecule has 1 aliphatic heterocycles. The van der Waals surface area contributed by atoms with Crippen LogP contribution in [-0.2, 0) is 32.7 Å². The lowest BCUT2D eigenvalue weighted by Gasteiger charge is -2.37. The van der Waals surface area contributed by atoms with Gasteiger partial charge in [0.25, 0.3) is 5.91 Å². The Morgan fingerprint density at radius 1 is 1.23 bits per heavy atom. The van der Waals surface area contributed by atoms with Crippen LogP contribution in [0.5, 0.6) is 0 Å². The maximum atomic E-state index is 14.2. The van der Waals surface area contributed by atoms with Crippen molar-refractivity contribution >= 4 is 23.6 Å². The van der Waals surface area contributed by atoms with Gasteiger partial charge >= 0.3 is 6.18 Å². The number of carbonyl (C=O) groups excluding carboxylic acids is 2. The van der Waals surface area contributed by atoms with Crippen LogP contribution in [0.1, 0.15) is 67.5 Å². The number of oxime groups is 1. The fourth-order valence-corrected chi connectivity index (χ4v) is 5.07. The molecule has 4 rings (SSSR count). The van der Waals surface area contributed by atoms with Gasteiger partial charge in [-0.15, -0.1) is 0 Å². The first-order chi connectivity index (χ1) is 16.4. The quantitative estimate of drug-likeness (QED) is 0.574.